The number of carboxylic acid groups (broad SMARTS) is 1. The average Bonchev–Trinajstić information content (AvgIpc) is 2.39. The number of hydrogen-bond donors (Lipinski definition) is 1. The van der Waals surface area contributed by atoms with Gasteiger partial charge in [-0.2, -0.15) is 0 Å². The molecule has 0 aromatic rings. The summed E-state index contributed by atoms with van der Waals surface area (Å²) in [6, 6.07) is 0. The van der Waals surface area contributed by atoms with Gasteiger partial charge in [0.2, 0.25) is 0 Å². The van der Waals surface area contributed by atoms with Gasteiger partial charge in [-0.05, 0) is 22.5 Å². The minimum atomic E-state index is -2.52. The minimum Gasteiger partial charge on any atom is -0.515 e. The third kappa shape index (κ3) is 4.95. The Bertz CT molecular complexity index is 405. The van der Waals surface area contributed by atoms with Crippen LogP contribution >= 0.6 is 0 Å². The van der Waals surface area contributed by atoms with Crippen LogP contribution in [0.5, 0.6) is 0 Å². The Morgan fingerprint density at radius 2 is 1.64 bits per heavy atom. The molecule has 0 aromatic carbocycles. The van der Waals surface area contributed by atoms with Crippen LogP contribution in [0, 0.1) is 0 Å². The fourth-order valence-electron chi connectivity index (χ4n) is 3.50. The zero-order chi connectivity index (χ0) is 17.6. The van der Waals surface area contributed by atoms with Crippen LogP contribution in [-0.4, -0.2) is 39.1 Å². The number of hydrogen-bond acceptors (Lipinski definition) is 4. The van der Waals surface area contributed by atoms with E-state index < -0.39 is 20.3 Å². The summed E-state index contributed by atoms with van der Waals surface area (Å²) < 4.78 is 11.2. The SMILES string of the molecule is COCCC(C)(C)[Si](OC(=O)/C=C\C(=O)O)(C(C)C)C(C)C. The Labute approximate surface area is 134 Å². The third-order valence-corrected chi connectivity index (χ3v) is 10.7. The number of ether oxygens (including phenoxy) is 1. The lowest BCUT2D eigenvalue weighted by Gasteiger charge is -2.49. The number of carbonyl (C=O) groups excluding carboxylic acids is 1. The molecule has 0 rings (SSSR count). The lowest BCUT2D eigenvalue weighted by Crippen LogP contribution is -2.55. The normalized spacial score (nSPS) is 13.1. The molecule has 6 heteroatoms. The third-order valence-electron chi connectivity index (χ3n) is 4.34. The van der Waals surface area contributed by atoms with Gasteiger partial charge in [-0.25, -0.2) is 9.59 Å². The van der Waals surface area contributed by atoms with Crippen LogP contribution in [0.1, 0.15) is 48.0 Å². The molecule has 1 N–H and O–H groups in total. The van der Waals surface area contributed by atoms with Gasteiger partial charge in [0, 0.05) is 25.9 Å². The summed E-state index contributed by atoms with van der Waals surface area (Å²) in [7, 11) is -0.865. The van der Waals surface area contributed by atoms with E-state index in [9.17, 15) is 9.59 Å². The molecule has 0 amide bonds. The van der Waals surface area contributed by atoms with Crippen molar-refractivity contribution in [3.63, 3.8) is 0 Å². The quantitative estimate of drug-likeness (QED) is 0.515. The number of carboxylic acids is 1. The molecule has 0 saturated heterocycles. The minimum absolute atomic E-state index is 0.182. The van der Waals surface area contributed by atoms with Gasteiger partial charge in [-0.3, -0.25) is 0 Å². The maximum atomic E-state index is 12.1. The standard InChI is InChI=1S/C16H30O5Si/c1-12(2)22(13(3)4,16(5,6)10-11-20-7)21-15(19)9-8-14(17)18/h8-9,12-13H,10-11H2,1-7H3,(H,17,18)/b9-8-. The zero-order valence-corrected chi connectivity index (χ0v) is 15.8. The number of carbonyl (C=O) groups is 2. The van der Waals surface area contributed by atoms with Crippen LogP contribution in [0.15, 0.2) is 12.2 Å². The lowest BCUT2D eigenvalue weighted by molar-refractivity contribution is -0.133. The van der Waals surface area contributed by atoms with E-state index in [1.807, 2.05) is 0 Å². The smallest absolute Gasteiger partial charge is 0.328 e. The topological polar surface area (TPSA) is 72.8 Å². The first-order chi connectivity index (χ1) is 10.0. The molecule has 0 bridgehead atoms. The Morgan fingerprint density at radius 3 is 2.00 bits per heavy atom. The largest absolute Gasteiger partial charge is 0.515 e. The van der Waals surface area contributed by atoms with Crippen LogP contribution < -0.4 is 0 Å². The Hall–Kier alpha value is -1.14. The molecule has 128 valence electrons. The summed E-state index contributed by atoms with van der Waals surface area (Å²) in [4.78, 5) is 22.7. The van der Waals surface area contributed by atoms with E-state index >= 15 is 0 Å². The van der Waals surface area contributed by atoms with Crippen molar-refractivity contribution in [2.24, 2.45) is 0 Å². The summed E-state index contributed by atoms with van der Waals surface area (Å²) in [5.74, 6) is -1.72. The molecule has 0 radical (unpaired) electrons. The molecular formula is C16H30O5Si. The highest BCUT2D eigenvalue weighted by Gasteiger charge is 2.56. The van der Waals surface area contributed by atoms with Crippen LogP contribution in [0.2, 0.25) is 16.1 Å². The molecule has 0 aliphatic rings. The predicted octanol–water partition coefficient (Wildman–Crippen LogP) is 3.75. The highest BCUT2D eigenvalue weighted by molar-refractivity contribution is 6.80. The summed E-state index contributed by atoms with van der Waals surface area (Å²) >= 11 is 0. The fourth-order valence-corrected chi connectivity index (χ4v) is 9.60. The van der Waals surface area contributed by atoms with Gasteiger partial charge < -0.3 is 14.3 Å². The van der Waals surface area contributed by atoms with Gasteiger partial charge >= 0.3 is 11.9 Å². The molecule has 0 fully saturated rings. The highest BCUT2D eigenvalue weighted by atomic mass is 28.4. The van der Waals surface area contributed by atoms with Crippen molar-refractivity contribution in [2.45, 2.75) is 64.1 Å². The Kier molecular flexibility index (Phi) is 8.04. The van der Waals surface area contributed by atoms with Crippen LogP contribution in [0.25, 0.3) is 0 Å². The van der Waals surface area contributed by atoms with Gasteiger partial charge in [0.05, 0.1) is 0 Å². The Morgan fingerprint density at radius 1 is 1.14 bits per heavy atom. The van der Waals surface area contributed by atoms with E-state index in [0.717, 1.165) is 18.6 Å². The van der Waals surface area contributed by atoms with E-state index in [-0.39, 0.29) is 16.1 Å². The first-order valence-corrected chi connectivity index (χ1v) is 9.70. The maximum absolute atomic E-state index is 12.1. The summed E-state index contributed by atoms with van der Waals surface area (Å²) in [6.45, 7) is 13.1. The second-order valence-corrected chi connectivity index (χ2v) is 12.3. The van der Waals surface area contributed by atoms with E-state index in [0.29, 0.717) is 6.61 Å². The van der Waals surface area contributed by atoms with Crippen molar-refractivity contribution >= 4 is 20.3 Å². The van der Waals surface area contributed by atoms with Crippen molar-refractivity contribution in [1.29, 1.82) is 0 Å². The number of rotatable bonds is 9. The fraction of sp³-hybridized carbons (Fsp3) is 0.750. The van der Waals surface area contributed by atoms with E-state index in [4.69, 9.17) is 14.3 Å². The van der Waals surface area contributed by atoms with E-state index in [2.05, 4.69) is 41.5 Å². The maximum Gasteiger partial charge on any atom is 0.328 e. The van der Waals surface area contributed by atoms with Gasteiger partial charge in [0.1, 0.15) is 0 Å². The van der Waals surface area contributed by atoms with Gasteiger partial charge in [0.25, 0.3) is 8.32 Å². The van der Waals surface area contributed by atoms with Crippen molar-refractivity contribution < 1.29 is 23.9 Å². The molecule has 0 aromatic heterocycles. The molecule has 0 unspecified atom stereocenters. The number of aliphatic carboxylic acids is 1. The van der Waals surface area contributed by atoms with Crippen molar-refractivity contribution in [3.05, 3.63) is 12.2 Å². The molecular weight excluding hydrogens is 300 g/mol. The monoisotopic (exact) mass is 330 g/mol. The summed E-state index contributed by atoms with van der Waals surface area (Å²) in [5.41, 5.74) is 0.420. The van der Waals surface area contributed by atoms with Gasteiger partial charge in [0.15, 0.2) is 0 Å². The zero-order valence-electron chi connectivity index (χ0n) is 14.8. The van der Waals surface area contributed by atoms with Gasteiger partial charge in [-0.1, -0.05) is 41.5 Å². The highest BCUT2D eigenvalue weighted by Crippen LogP contribution is 2.53. The Balaban J connectivity index is 5.61. The molecule has 0 aliphatic heterocycles. The second-order valence-electron chi connectivity index (χ2n) is 6.82. The van der Waals surface area contributed by atoms with Crippen LogP contribution in [0.4, 0.5) is 0 Å². The van der Waals surface area contributed by atoms with E-state index in [1.165, 1.54) is 0 Å². The summed E-state index contributed by atoms with van der Waals surface area (Å²) in [6.07, 6.45) is 2.62. The van der Waals surface area contributed by atoms with Gasteiger partial charge in [-0.15, -0.1) is 0 Å². The number of methoxy groups -OCH3 is 1. The van der Waals surface area contributed by atoms with E-state index in [1.54, 1.807) is 7.11 Å². The van der Waals surface area contributed by atoms with Crippen molar-refractivity contribution in [1.82, 2.24) is 0 Å². The molecule has 0 saturated carbocycles. The molecule has 0 aliphatic carbocycles. The summed E-state index contributed by atoms with van der Waals surface area (Å²) in [5, 5.41) is 8.47. The van der Waals surface area contributed by atoms with Crippen LogP contribution in [-0.2, 0) is 18.8 Å². The molecule has 5 nitrogen and oxygen atoms in total. The lowest BCUT2D eigenvalue weighted by atomic mass is 10.1. The predicted molar refractivity (Wildman–Crippen MR) is 89.4 cm³/mol. The first-order valence-electron chi connectivity index (χ1n) is 7.64. The van der Waals surface area contributed by atoms with Crippen molar-refractivity contribution in [2.75, 3.05) is 13.7 Å². The molecule has 0 spiro atoms. The molecule has 22 heavy (non-hydrogen) atoms. The molecule has 0 heterocycles. The van der Waals surface area contributed by atoms with Crippen molar-refractivity contribution in [3.8, 4) is 0 Å². The second kappa shape index (κ2) is 8.48. The molecule has 0 atom stereocenters. The average molecular weight is 330 g/mol. The first kappa shape index (κ1) is 20.9. The van der Waals surface area contributed by atoms with Crippen LogP contribution in [0.3, 0.4) is 0 Å².